The number of hydrogen-bond acceptors (Lipinski definition) is 5. The zero-order chi connectivity index (χ0) is 15.7. The SMILES string of the molecule is Cl.Cl.NC1CC(c2cc(NCC3(N4CCCC4)CCCC3)ncn2)C1. The van der Waals surface area contributed by atoms with Gasteiger partial charge < -0.3 is 11.1 Å². The van der Waals surface area contributed by atoms with E-state index in [0.717, 1.165) is 30.9 Å². The Bertz CT molecular complexity index is 538. The minimum atomic E-state index is 0. The molecule has 2 aliphatic carbocycles. The van der Waals surface area contributed by atoms with Crippen molar-refractivity contribution < 1.29 is 0 Å². The molecule has 0 bridgehead atoms. The number of aromatic nitrogens is 2. The van der Waals surface area contributed by atoms with Gasteiger partial charge in [0.15, 0.2) is 0 Å². The maximum atomic E-state index is 5.91. The van der Waals surface area contributed by atoms with E-state index in [4.69, 9.17) is 5.73 Å². The van der Waals surface area contributed by atoms with Gasteiger partial charge >= 0.3 is 0 Å². The van der Waals surface area contributed by atoms with E-state index in [1.165, 1.54) is 51.6 Å². The highest BCUT2D eigenvalue weighted by Crippen LogP contribution is 2.38. The molecule has 5 nitrogen and oxygen atoms in total. The summed E-state index contributed by atoms with van der Waals surface area (Å²) in [7, 11) is 0. The molecule has 0 spiro atoms. The Labute approximate surface area is 163 Å². The van der Waals surface area contributed by atoms with Gasteiger partial charge in [0.2, 0.25) is 0 Å². The molecule has 3 fully saturated rings. The summed E-state index contributed by atoms with van der Waals surface area (Å²) < 4.78 is 0. The van der Waals surface area contributed by atoms with Crippen molar-refractivity contribution in [2.24, 2.45) is 5.73 Å². The van der Waals surface area contributed by atoms with Gasteiger partial charge in [-0.05, 0) is 51.6 Å². The average Bonchev–Trinajstić information content (AvgIpc) is 3.22. The lowest BCUT2D eigenvalue weighted by molar-refractivity contribution is 0.135. The van der Waals surface area contributed by atoms with Gasteiger partial charge in [-0.25, -0.2) is 9.97 Å². The fourth-order valence-electron chi connectivity index (χ4n) is 4.68. The van der Waals surface area contributed by atoms with Crippen molar-refractivity contribution in [1.29, 1.82) is 0 Å². The summed E-state index contributed by atoms with van der Waals surface area (Å²) in [4.78, 5) is 11.6. The Morgan fingerprint density at radius 1 is 1.08 bits per heavy atom. The minimum Gasteiger partial charge on any atom is -0.368 e. The Kier molecular flexibility index (Phi) is 7.32. The number of hydrogen-bond donors (Lipinski definition) is 2. The average molecular weight is 388 g/mol. The van der Waals surface area contributed by atoms with E-state index in [-0.39, 0.29) is 24.8 Å². The van der Waals surface area contributed by atoms with Gasteiger partial charge in [0.1, 0.15) is 12.1 Å². The Balaban J connectivity index is 0.00000113. The van der Waals surface area contributed by atoms with Gasteiger partial charge in [0.05, 0.1) is 0 Å². The molecular formula is C18H31Cl2N5. The highest BCUT2D eigenvalue weighted by molar-refractivity contribution is 5.85. The van der Waals surface area contributed by atoms with Crippen LogP contribution in [0.1, 0.15) is 63.0 Å². The van der Waals surface area contributed by atoms with Gasteiger partial charge in [-0.1, -0.05) is 12.8 Å². The van der Waals surface area contributed by atoms with Gasteiger partial charge in [-0.3, -0.25) is 4.90 Å². The number of anilines is 1. The molecule has 1 saturated heterocycles. The molecule has 142 valence electrons. The van der Waals surface area contributed by atoms with E-state index in [2.05, 4.69) is 26.3 Å². The zero-order valence-electron chi connectivity index (χ0n) is 14.8. The summed E-state index contributed by atoms with van der Waals surface area (Å²) >= 11 is 0. The van der Waals surface area contributed by atoms with E-state index in [9.17, 15) is 0 Å². The highest BCUT2D eigenvalue weighted by atomic mass is 35.5. The molecule has 1 aliphatic heterocycles. The topological polar surface area (TPSA) is 67.1 Å². The molecule has 7 heteroatoms. The molecule has 0 unspecified atom stereocenters. The van der Waals surface area contributed by atoms with Gasteiger partial charge in [0.25, 0.3) is 0 Å². The van der Waals surface area contributed by atoms with Crippen LogP contribution >= 0.6 is 24.8 Å². The summed E-state index contributed by atoms with van der Waals surface area (Å²) in [6, 6.07) is 2.51. The van der Waals surface area contributed by atoms with E-state index in [1.807, 2.05) is 0 Å². The molecule has 2 heterocycles. The van der Waals surface area contributed by atoms with Crippen LogP contribution < -0.4 is 11.1 Å². The number of likely N-dealkylation sites (tertiary alicyclic amines) is 1. The first-order valence-corrected chi connectivity index (χ1v) is 9.32. The fraction of sp³-hybridized carbons (Fsp3) is 0.778. The fourth-order valence-corrected chi connectivity index (χ4v) is 4.68. The molecule has 1 aromatic heterocycles. The summed E-state index contributed by atoms with van der Waals surface area (Å²) in [5.41, 5.74) is 7.43. The maximum Gasteiger partial charge on any atom is 0.129 e. The maximum absolute atomic E-state index is 5.91. The third-order valence-corrected chi connectivity index (χ3v) is 6.19. The third-order valence-electron chi connectivity index (χ3n) is 6.19. The van der Waals surface area contributed by atoms with Crippen molar-refractivity contribution in [1.82, 2.24) is 14.9 Å². The first-order valence-electron chi connectivity index (χ1n) is 9.32. The van der Waals surface area contributed by atoms with Crippen molar-refractivity contribution in [3.63, 3.8) is 0 Å². The molecular weight excluding hydrogens is 357 g/mol. The third kappa shape index (κ3) is 4.38. The summed E-state index contributed by atoms with van der Waals surface area (Å²) in [5.74, 6) is 1.52. The van der Waals surface area contributed by atoms with Crippen molar-refractivity contribution in [2.75, 3.05) is 25.0 Å². The molecule has 0 amide bonds. The van der Waals surface area contributed by atoms with Crippen molar-refractivity contribution >= 4 is 30.6 Å². The standard InChI is InChI=1S/C18H29N5.2ClH/c19-15-9-14(10-15)16-11-17(22-13-21-16)20-12-18(5-1-2-6-18)23-7-3-4-8-23;;/h11,13-15H,1-10,12,19H2,(H,20,21,22);2*1H. The van der Waals surface area contributed by atoms with Crippen LogP contribution in [0.5, 0.6) is 0 Å². The van der Waals surface area contributed by atoms with E-state index in [0.29, 0.717) is 17.5 Å². The van der Waals surface area contributed by atoms with Crippen LogP contribution in [0.25, 0.3) is 0 Å². The number of halogens is 2. The predicted molar refractivity (Wildman–Crippen MR) is 107 cm³/mol. The lowest BCUT2D eigenvalue weighted by Crippen LogP contribution is -2.50. The molecule has 2 saturated carbocycles. The van der Waals surface area contributed by atoms with Crippen molar-refractivity contribution in [2.45, 2.75) is 68.9 Å². The second kappa shape index (κ2) is 8.85. The quantitative estimate of drug-likeness (QED) is 0.810. The number of nitrogens with zero attached hydrogens (tertiary/aromatic N) is 3. The normalized spacial score (nSPS) is 27.9. The van der Waals surface area contributed by atoms with E-state index >= 15 is 0 Å². The summed E-state index contributed by atoms with van der Waals surface area (Å²) in [6.45, 7) is 3.57. The van der Waals surface area contributed by atoms with Crippen LogP contribution in [0.3, 0.4) is 0 Å². The number of rotatable bonds is 5. The van der Waals surface area contributed by atoms with Crippen molar-refractivity contribution in [3.8, 4) is 0 Å². The molecule has 0 aromatic carbocycles. The van der Waals surface area contributed by atoms with Gasteiger partial charge in [0, 0.05) is 35.8 Å². The van der Waals surface area contributed by atoms with Gasteiger partial charge in [-0.15, -0.1) is 24.8 Å². The summed E-state index contributed by atoms with van der Waals surface area (Å²) in [6.07, 6.45) is 12.0. The van der Waals surface area contributed by atoms with Crippen LogP contribution in [-0.2, 0) is 0 Å². The lowest BCUT2D eigenvalue weighted by atomic mass is 9.78. The summed E-state index contributed by atoms with van der Waals surface area (Å²) in [5, 5.41) is 3.63. The minimum absolute atomic E-state index is 0. The molecule has 25 heavy (non-hydrogen) atoms. The smallest absolute Gasteiger partial charge is 0.129 e. The molecule has 4 rings (SSSR count). The number of nitrogens with two attached hydrogens (primary N) is 1. The molecule has 0 atom stereocenters. The predicted octanol–water partition coefficient (Wildman–Crippen LogP) is 3.35. The molecule has 3 aliphatic rings. The molecule has 3 N–H and O–H groups in total. The highest BCUT2D eigenvalue weighted by Gasteiger charge is 2.40. The zero-order valence-corrected chi connectivity index (χ0v) is 16.5. The van der Waals surface area contributed by atoms with E-state index < -0.39 is 0 Å². The van der Waals surface area contributed by atoms with Crippen LogP contribution in [0.15, 0.2) is 12.4 Å². The second-order valence-electron chi connectivity index (χ2n) is 7.74. The van der Waals surface area contributed by atoms with Crippen LogP contribution in [0.2, 0.25) is 0 Å². The van der Waals surface area contributed by atoms with Crippen molar-refractivity contribution in [3.05, 3.63) is 18.1 Å². The largest absolute Gasteiger partial charge is 0.368 e. The first-order chi connectivity index (χ1) is 11.3. The van der Waals surface area contributed by atoms with Crippen LogP contribution in [-0.4, -0.2) is 46.1 Å². The number of nitrogens with one attached hydrogen (secondary N) is 1. The second-order valence-corrected chi connectivity index (χ2v) is 7.74. The van der Waals surface area contributed by atoms with Crippen LogP contribution in [0.4, 0.5) is 5.82 Å². The Hall–Kier alpha value is -0.620. The van der Waals surface area contributed by atoms with Crippen LogP contribution in [0, 0.1) is 0 Å². The lowest BCUT2D eigenvalue weighted by Gasteiger charge is -2.39. The van der Waals surface area contributed by atoms with Gasteiger partial charge in [-0.2, -0.15) is 0 Å². The van der Waals surface area contributed by atoms with E-state index in [1.54, 1.807) is 6.33 Å². The molecule has 1 aromatic rings. The Morgan fingerprint density at radius 2 is 1.76 bits per heavy atom. The first kappa shape index (κ1) is 20.7. The molecule has 0 radical (unpaired) electrons. The monoisotopic (exact) mass is 387 g/mol. The Morgan fingerprint density at radius 3 is 2.40 bits per heavy atom.